The number of hydrogen-bond donors (Lipinski definition) is 1. The summed E-state index contributed by atoms with van der Waals surface area (Å²) >= 11 is 3.21. The summed E-state index contributed by atoms with van der Waals surface area (Å²) in [5, 5.41) is 13.1. The third kappa shape index (κ3) is 3.69. The van der Waals surface area contributed by atoms with Gasteiger partial charge in [0.05, 0.1) is 12.0 Å². The van der Waals surface area contributed by atoms with Crippen LogP contribution < -0.4 is 0 Å². The number of phenols is 1. The van der Waals surface area contributed by atoms with Gasteiger partial charge in [0.1, 0.15) is 5.75 Å². The molecule has 8 heteroatoms. The smallest absolute Gasteiger partial charge is 0.389 e. The van der Waals surface area contributed by atoms with Crippen LogP contribution in [-0.4, -0.2) is 21.4 Å². The van der Waals surface area contributed by atoms with Gasteiger partial charge in [-0.25, -0.2) is 0 Å². The molecule has 1 aromatic heterocycles. The molecule has 0 fully saturated rings. The lowest BCUT2D eigenvalue weighted by Gasteiger charge is -2.02. The van der Waals surface area contributed by atoms with E-state index >= 15 is 0 Å². The maximum atomic E-state index is 12.1. The minimum Gasteiger partial charge on any atom is -0.507 e. The Kier molecular flexibility index (Phi) is 3.79. The van der Waals surface area contributed by atoms with Gasteiger partial charge in [-0.2, -0.15) is 18.2 Å². The molecule has 2 rings (SSSR count). The molecule has 0 unspecified atom stereocenters. The largest absolute Gasteiger partial charge is 0.507 e. The average molecular weight is 337 g/mol. The highest BCUT2D eigenvalue weighted by Gasteiger charge is 2.27. The fourth-order valence-electron chi connectivity index (χ4n) is 1.40. The van der Waals surface area contributed by atoms with Crippen molar-refractivity contribution >= 4 is 15.9 Å². The fourth-order valence-corrected chi connectivity index (χ4v) is 1.76. The Morgan fingerprint density at radius 2 is 2.05 bits per heavy atom. The molecule has 1 N–H and O–H groups in total. The van der Waals surface area contributed by atoms with Gasteiger partial charge in [-0.05, 0) is 18.2 Å². The Bertz CT molecular complexity index is 584. The van der Waals surface area contributed by atoms with Gasteiger partial charge in [0, 0.05) is 10.9 Å². The summed E-state index contributed by atoms with van der Waals surface area (Å²) in [5.41, 5.74) is 0.264. The van der Waals surface area contributed by atoms with Crippen molar-refractivity contribution in [3.63, 3.8) is 0 Å². The Balaban J connectivity index is 2.19. The molecule has 0 radical (unpaired) electrons. The first-order chi connectivity index (χ1) is 8.85. The van der Waals surface area contributed by atoms with E-state index in [0.717, 1.165) is 0 Å². The first-order valence-electron chi connectivity index (χ1n) is 5.23. The van der Waals surface area contributed by atoms with Gasteiger partial charge in [-0.15, -0.1) is 0 Å². The predicted molar refractivity (Wildman–Crippen MR) is 63.5 cm³/mol. The summed E-state index contributed by atoms with van der Waals surface area (Å²) in [7, 11) is 0. The quantitative estimate of drug-likeness (QED) is 0.928. The van der Waals surface area contributed by atoms with E-state index in [4.69, 9.17) is 4.52 Å². The summed E-state index contributed by atoms with van der Waals surface area (Å²) < 4.78 is 41.7. The van der Waals surface area contributed by atoms with E-state index in [0.29, 0.717) is 4.47 Å². The maximum Gasteiger partial charge on any atom is 0.389 e. The summed E-state index contributed by atoms with van der Waals surface area (Å²) in [6.45, 7) is 0. The van der Waals surface area contributed by atoms with Crippen molar-refractivity contribution in [2.24, 2.45) is 0 Å². The number of rotatable bonds is 3. The van der Waals surface area contributed by atoms with Crippen LogP contribution in [0.1, 0.15) is 12.2 Å². The zero-order chi connectivity index (χ0) is 14.0. The molecular formula is C11H8BrF3N2O2. The van der Waals surface area contributed by atoms with Crippen molar-refractivity contribution in [2.75, 3.05) is 0 Å². The molecule has 1 heterocycles. The number of aryl methyl sites for hydroxylation is 1. The van der Waals surface area contributed by atoms with Crippen LogP contribution in [0.2, 0.25) is 0 Å². The maximum absolute atomic E-state index is 12.1. The molecule has 0 amide bonds. The van der Waals surface area contributed by atoms with Crippen molar-refractivity contribution in [1.82, 2.24) is 10.1 Å². The van der Waals surface area contributed by atoms with Gasteiger partial charge >= 0.3 is 6.18 Å². The molecule has 0 aliphatic carbocycles. The van der Waals surface area contributed by atoms with Crippen molar-refractivity contribution in [3.8, 4) is 17.2 Å². The number of nitrogens with zero attached hydrogens (tertiary/aromatic N) is 2. The monoisotopic (exact) mass is 336 g/mol. The lowest BCUT2D eigenvalue weighted by atomic mass is 10.2. The SMILES string of the molecule is Oc1ccc(Br)cc1-c1nc(CCC(F)(F)F)no1. The van der Waals surface area contributed by atoms with E-state index in [2.05, 4.69) is 26.1 Å². The Morgan fingerprint density at radius 3 is 2.74 bits per heavy atom. The van der Waals surface area contributed by atoms with Gasteiger partial charge in [-0.1, -0.05) is 21.1 Å². The number of aromatic nitrogens is 2. The molecule has 0 spiro atoms. The van der Waals surface area contributed by atoms with E-state index < -0.39 is 12.6 Å². The Morgan fingerprint density at radius 1 is 1.32 bits per heavy atom. The normalized spacial score (nSPS) is 11.8. The molecule has 0 aliphatic heterocycles. The molecule has 102 valence electrons. The molecule has 4 nitrogen and oxygen atoms in total. The molecule has 1 aromatic carbocycles. The van der Waals surface area contributed by atoms with Crippen molar-refractivity contribution in [1.29, 1.82) is 0 Å². The van der Waals surface area contributed by atoms with Gasteiger partial charge in [0.25, 0.3) is 5.89 Å². The number of halogens is 4. The van der Waals surface area contributed by atoms with E-state index in [9.17, 15) is 18.3 Å². The van der Waals surface area contributed by atoms with Crippen LogP contribution in [0, 0.1) is 0 Å². The molecule has 0 saturated carbocycles. The van der Waals surface area contributed by atoms with Gasteiger partial charge in [0.2, 0.25) is 0 Å². The summed E-state index contributed by atoms with van der Waals surface area (Å²) in [5.74, 6) is -0.156. The van der Waals surface area contributed by atoms with Crippen molar-refractivity contribution in [3.05, 3.63) is 28.5 Å². The summed E-state index contributed by atoms with van der Waals surface area (Å²) in [4.78, 5) is 3.83. The molecule has 0 bridgehead atoms. The standard InChI is InChI=1S/C11H8BrF3N2O2/c12-6-1-2-8(18)7(5-6)10-16-9(17-19-10)3-4-11(13,14)15/h1-2,5,18H,3-4H2. The van der Waals surface area contributed by atoms with E-state index in [1.165, 1.54) is 12.1 Å². The van der Waals surface area contributed by atoms with Crippen LogP contribution in [-0.2, 0) is 6.42 Å². The van der Waals surface area contributed by atoms with E-state index in [-0.39, 0.29) is 29.4 Å². The zero-order valence-corrected chi connectivity index (χ0v) is 11.0. The second-order valence-corrected chi connectivity index (χ2v) is 4.71. The number of aromatic hydroxyl groups is 1. The van der Waals surface area contributed by atoms with Gasteiger partial charge in [-0.3, -0.25) is 0 Å². The first-order valence-corrected chi connectivity index (χ1v) is 6.03. The Labute approximate surface area is 114 Å². The lowest BCUT2D eigenvalue weighted by molar-refractivity contribution is -0.134. The molecule has 0 saturated heterocycles. The zero-order valence-electron chi connectivity index (χ0n) is 9.41. The number of benzene rings is 1. The molecular weight excluding hydrogens is 329 g/mol. The number of hydrogen-bond acceptors (Lipinski definition) is 4. The second-order valence-electron chi connectivity index (χ2n) is 3.79. The topological polar surface area (TPSA) is 59.2 Å². The number of phenolic OH excluding ortho intramolecular Hbond substituents is 1. The van der Waals surface area contributed by atoms with Crippen molar-refractivity contribution < 1.29 is 22.8 Å². The third-order valence-corrected chi connectivity index (χ3v) is 2.78. The van der Waals surface area contributed by atoms with Crippen LogP contribution in [0.5, 0.6) is 5.75 Å². The van der Waals surface area contributed by atoms with E-state index in [1.54, 1.807) is 6.07 Å². The van der Waals surface area contributed by atoms with Gasteiger partial charge in [0.15, 0.2) is 5.82 Å². The highest BCUT2D eigenvalue weighted by Crippen LogP contribution is 2.31. The minimum atomic E-state index is -4.27. The highest BCUT2D eigenvalue weighted by molar-refractivity contribution is 9.10. The predicted octanol–water partition coefficient (Wildman–Crippen LogP) is 3.70. The molecule has 19 heavy (non-hydrogen) atoms. The van der Waals surface area contributed by atoms with Crippen LogP contribution in [0.4, 0.5) is 13.2 Å². The average Bonchev–Trinajstić information content (AvgIpc) is 2.77. The van der Waals surface area contributed by atoms with Crippen LogP contribution in [0.25, 0.3) is 11.5 Å². The van der Waals surface area contributed by atoms with Crippen LogP contribution in [0.15, 0.2) is 27.2 Å². The first kappa shape index (κ1) is 13.9. The summed E-state index contributed by atoms with van der Waals surface area (Å²) in [6.07, 6.45) is -5.64. The second kappa shape index (κ2) is 5.20. The molecule has 0 aliphatic rings. The molecule has 0 atom stereocenters. The third-order valence-electron chi connectivity index (χ3n) is 2.29. The van der Waals surface area contributed by atoms with E-state index in [1.807, 2.05) is 0 Å². The van der Waals surface area contributed by atoms with Crippen molar-refractivity contribution in [2.45, 2.75) is 19.0 Å². The van der Waals surface area contributed by atoms with Gasteiger partial charge < -0.3 is 9.63 Å². The summed E-state index contributed by atoms with van der Waals surface area (Å²) in [6, 6.07) is 4.56. The lowest BCUT2D eigenvalue weighted by Crippen LogP contribution is -2.09. The van der Waals surface area contributed by atoms with Crippen LogP contribution in [0.3, 0.4) is 0 Å². The van der Waals surface area contributed by atoms with Crippen LogP contribution >= 0.6 is 15.9 Å². The Hall–Kier alpha value is -1.57. The number of alkyl halides is 3. The molecule has 2 aromatic rings. The highest BCUT2D eigenvalue weighted by atomic mass is 79.9. The fraction of sp³-hybridized carbons (Fsp3) is 0.273. The minimum absolute atomic E-state index is 0.0176.